The van der Waals surface area contributed by atoms with Crippen LogP contribution < -0.4 is 21.7 Å². The van der Waals surface area contributed by atoms with E-state index in [9.17, 15) is 5.11 Å². The lowest BCUT2D eigenvalue weighted by Crippen LogP contribution is -3.00. The number of pyridine rings is 1. The van der Waals surface area contributed by atoms with E-state index in [1.54, 1.807) is 7.11 Å². The second-order valence-electron chi connectivity index (χ2n) is 10.8. The van der Waals surface area contributed by atoms with Gasteiger partial charge in [0.25, 0.3) is 0 Å². The lowest BCUT2D eigenvalue weighted by atomic mass is 9.71. The summed E-state index contributed by atoms with van der Waals surface area (Å²) >= 11 is 0. The summed E-state index contributed by atoms with van der Waals surface area (Å²) in [6, 6.07) is 8.25. The Morgan fingerprint density at radius 2 is 1.89 bits per heavy atom. The van der Waals surface area contributed by atoms with Crippen molar-refractivity contribution in [2.75, 3.05) is 26.7 Å². The fraction of sp³-hybridized carbons (Fsp3) is 0.633. The molecule has 3 fully saturated rings. The first-order valence-corrected chi connectivity index (χ1v) is 13.7. The second-order valence-corrected chi connectivity index (χ2v) is 10.8. The van der Waals surface area contributed by atoms with Gasteiger partial charge in [-0.05, 0) is 48.6 Å². The van der Waals surface area contributed by atoms with Gasteiger partial charge in [-0.1, -0.05) is 51.5 Å². The molecule has 0 aliphatic carbocycles. The molecule has 3 aliphatic rings. The number of aliphatic hydroxyl groups excluding tert-OH is 1. The van der Waals surface area contributed by atoms with Crippen molar-refractivity contribution >= 4 is 10.9 Å². The van der Waals surface area contributed by atoms with E-state index < -0.39 is 6.10 Å². The topological polar surface area (TPSA) is 42.4 Å². The molecule has 1 aromatic carbocycles. The van der Waals surface area contributed by atoms with Crippen molar-refractivity contribution in [2.24, 2.45) is 11.8 Å². The molecule has 0 saturated carbocycles. The van der Waals surface area contributed by atoms with Crippen molar-refractivity contribution in [3.63, 3.8) is 0 Å². The predicted molar refractivity (Wildman–Crippen MR) is 141 cm³/mol. The van der Waals surface area contributed by atoms with Crippen molar-refractivity contribution in [1.29, 1.82) is 0 Å². The smallest absolute Gasteiger partial charge is 0.131 e. The number of hydrogen-bond acceptors (Lipinski definition) is 3. The Hall–Kier alpha value is -1.43. The number of quaternary nitrogens is 1. The summed E-state index contributed by atoms with van der Waals surface area (Å²) < 4.78 is 6.54. The maximum atomic E-state index is 11.9. The fourth-order valence-electron chi connectivity index (χ4n) is 6.79. The van der Waals surface area contributed by atoms with Crippen LogP contribution in [-0.4, -0.2) is 47.4 Å². The normalized spacial score (nSPS) is 26.3. The van der Waals surface area contributed by atoms with Crippen LogP contribution in [0.3, 0.4) is 0 Å². The summed E-state index contributed by atoms with van der Waals surface area (Å²) in [5, 5.41) is 12.9. The van der Waals surface area contributed by atoms with E-state index >= 15 is 0 Å². The molecule has 1 N–H and O–H groups in total. The number of fused-ring (bicyclic) bond motifs is 4. The van der Waals surface area contributed by atoms with Crippen LogP contribution in [0.4, 0.5) is 0 Å². The highest BCUT2D eigenvalue weighted by molar-refractivity contribution is 5.83. The number of hydrogen-bond donors (Lipinski definition) is 1. The van der Waals surface area contributed by atoms with Gasteiger partial charge >= 0.3 is 0 Å². The summed E-state index contributed by atoms with van der Waals surface area (Å²) in [7, 11) is 1.69. The van der Waals surface area contributed by atoms with E-state index in [0.717, 1.165) is 39.7 Å². The van der Waals surface area contributed by atoms with Crippen LogP contribution in [-0.2, 0) is 0 Å². The summed E-state index contributed by atoms with van der Waals surface area (Å²) in [5.74, 6) is 2.05. The van der Waals surface area contributed by atoms with E-state index in [2.05, 4.69) is 24.6 Å². The largest absolute Gasteiger partial charge is 1.00 e. The first-order valence-electron chi connectivity index (χ1n) is 13.7. The molecule has 0 amide bonds. The third-order valence-electron chi connectivity index (χ3n) is 8.80. The number of halogens is 1. The van der Waals surface area contributed by atoms with E-state index in [0.29, 0.717) is 11.8 Å². The standard InChI is InChI=1S/C30H45N2O2.BrH/c1-4-6-7-8-9-10-11-12-18-32-19-16-24(23(5-2)22-32)20-29(32)30(33)26-15-17-31-28-14-13-25(34-3)21-27(26)28;/h5,13-15,17,21,23-24,29-30,33H,2,4,6-12,16,18-20,22H2,1,3H3;1H/q+1;/p-1/t23?,24?,29-,30-,32?;/m0./s1. The van der Waals surface area contributed by atoms with E-state index in [1.807, 2.05) is 30.5 Å². The highest BCUT2D eigenvalue weighted by Gasteiger charge is 2.53. The van der Waals surface area contributed by atoms with Crippen LogP contribution in [0.5, 0.6) is 5.75 Å². The van der Waals surface area contributed by atoms with Crippen LogP contribution in [0.15, 0.2) is 43.1 Å². The fourth-order valence-corrected chi connectivity index (χ4v) is 6.79. The number of ether oxygens (including phenoxy) is 1. The van der Waals surface area contributed by atoms with Gasteiger partial charge in [0.05, 0.1) is 32.3 Å². The Morgan fingerprint density at radius 3 is 2.60 bits per heavy atom. The van der Waals surface area contributed by atoms with Crippen molar-refractivity contribution < 1.29 is 31.3 Å². The number of benzene rings is 1. The minimum Gasteiger partial charge on any atom is -1.00 e. The van der Waals surface area contributed by atoms with Gasteiger partial charge in [0.2, 0.25) is 0 Å². The molecule has 194 valence electrons. The van der Waals surface area contributed by atoms with Gasteiger partial charge in [-0.2, -0.15) is 0 Å². The highest BCUT2D eigenvalue weighted by atomic mass is 79.9. The summed E-state index contributed by atoms with van der Waals surface area (Å²) in [4.78, 5) is 4.55. The second kappa shape index (κ2) is 13.2. The number of unbranched alkanes of at least 4 members (excludes halogenated alkanes) is 7. The van der Waals surface area contributed by atoms with Gasteiger partial charge in [-0.3, -0.25) is 4.98 Å². The van der Waals surface area contributed by atoms with E-state index in [4.69, 9.17) is 4.74 Å². The minimum atomic E-state index is -0.486. The third kappa shape index (κ3) is 6.29. The zero-order chi connectivity index (χ0) is 24.0. The molecule has 3 saturated heterocycles. The summed E-state index contributed by atoms with van der Waals surface area (Å²) in [5.41, 5.74) is 1.93. The van der Waals surface area contributed by atoms with Crippen LogP contribution >= 0.6 is 0 Å². The van der Waals surface area contributed by atoms with Gasteiger partial charge in [0, 0.05) is 30.3 Å². The number of rotatable bonds is 13. The molecule has 5 heteroatoms. The molecule has 0 radical (unpaired) electrons. The van der Waals surface area contributed by atoms with E-state index in [-0.39, 0.29) is 23.0 Å². The SMILES string of the molecule is C=CC1C[N+]2(CCCCCCCCCC)CCC1C[C@H]2[C@@H](O)c1ccnc2ccc(OC)cc12.[Br-]. The molecule has 2 bridgehead atoms. The number of methoxy groups -OCH3 is 1. The predicted octanol–water partition coefficient (Wildman–Crippen LogP) is 3.83. The quantitative estimate of drug-likeness (QED) is 0.236. The summed E-state index contributed by atoms with van der Waals surface area (Å²) in [6.45, 7) is 9.97. The molecule has 35 heavy (non-hydrogen) atoms. The third-order valence-corrected chi connectivity index (χ3v) is 8.80. The molecule has 5 rings (SSSR count). The van der Waals surface area contributed by atoms with Crippen LogP contribution in [0, 0.1) is 11.8 Å². The van der Waals surface area contributed by atoms with Crippen molar-refractivity contribution in [3.05, 3.63) is 48.7 Å². The summed E-state index contributed by atoms with van der Waals surface area (Å²) in [6.07, 6.45) is 16.7. The first-order chi connectivity index (χ1) is 16.6. The van der Waals surface area contributed by atoms with Gasteiger partial charge < -0.3 is 31.3 Å². The Kier molecular flexibility index (Phi) is 10.6. The van der Waals surface area contributed by atoms with E-state index in [1.165, 1.54) is 70.9 Å². The molecule has 3 unspecified atom stereocenters. The minimum absolute atomic E-state index is 0. The zero-order valence-corrected chi connectivity index (χ0v) is 23.4. The molecule has 5 atom stereocenters. The van der Waals surface area contributed by atoms with Gasteiger partial charge in [0.1, 0.15) is 17.9 Å². The maximum Gasteiger partial charge on any atom is 0.131 e. The van der Waals surface area contributed by atoms with Crippen LogP contribution in [0.2, 0.25) is 0 Å². The van der Waals surface area contributed by atoms with Crippen molar-refractivity contribution in [2.45, 2.75) is 83.3 Å². The zero-order valence-electron chi connectivity index (χ0n) is 21.8. The monoisotopic (exact) mass is 544 g/mol. The maximum absolute atomic E-state index is 11.9. The van der Waals surface area contributed by atoms with Crippen LogP contribution in [0.1, 0.15) is 82.8 Å². The van der Waals surface area contributed by atoms with Crippen molar-refractivity contribution in [3.8, 4) is 5.75 Å². The molecular weight excluding hydrogens is 500 g/mol. The first kappa shape index (κ1) is 28.1. The molecule has 3 aliphatic heterocycles. The number of piperidine rings is 3. The van der Waals surface area contributed by atoms with Gasteiger partial charge in [-0.25, -0.2) is 0 Å². The molecule has 0 spiro atoms. The molecule has 1 aromatic heterocycles. The number of nitrogens with zero attached hydrogens (tertiary/aromatic N) is 2. The van der Waals surface area contributed by atoms with Gasteiger partial charge in [0.15, 0.2) is 0 Å². The molecule has 2 aromatic rings. The average Bonchev–Trinajstić information content (AvgIpc) is 2.89. The molecule has 4 nitrogen and oxygen atoms in total. The highest BCUT2D eigenvalue weighted by Crippen LogP contribution is 2.47. The Balaban J connectivity index is 0.00000342. The lowest BCUT2D eigenvalue weighted by molar-refractivity contribution is -0.973. The Morgan fingerprint density at radius 1 is 1.14 bits per heavy atom. The van der Waals surface area contributed by atoms with Crippen LogP contribution in [0.25, 0.3) is 10.9 Å². The number of aliphatic hydroxyl groups is 1. The Bertz CT molecular complexity index is 951. The lowest BCUT2D eigenvalue weighted by Gasteiger charge is -2.58. The molecular formula is C30H45BrN2O2. The Labute approximate surface area is 223 Å². The number of aromatic nitrogens is 1. The van der Waals surface area contributed by atoms with Gasteiger partial charge in [-0.15, -0.1) is 6.58 Å². The molecule has 4 heterocycles. The van der Waals surface area contributed by atoms with Crippen molar-refractivity contribution in [1.82, 2.24) is 4.98 Å². The average molecular weight is 546 g/mol.